The van der Waals surface area contributed by atoms with E-state index in [4.69, 9.17) is 19.5 Å². The second kappa shape index (κ2) is 8.39. The third kappa shape index (κ3) is 5.32. The van der Waals surface area contributed by atoms with E-state index in [0.717, 1.165) is 0 Å². The van der Waals surface area contributed by atoms with Crippen LogP contribution < -0.4 is 9.47 Å². The van der Waals surface area contributed by atoms with Crippen LogP contribution in [0.1, 0.15) is 5.56 Å². The Hall–Kier alpha value is -3.07. The van der Waals surface area contributed by atoms with E-state index in [2.05, 4.69) is 0 Å². The van der Waals surface area contributed by atoms with Crippen LogP contribution in [-0.4, -0.2) is 25.8 Å². The van der Waals surface area contributed by atoms with Gasteiger partial charge in [-0.2, -0.15) is 5.26 Å². The molecule has 0 atom stereocenters. The largest absolute Gasteiger partial charge is 0.487 e. The molecule has 0 aliphatic carbocycles. The van der Waals surface area contributed by atoms with E-state index in [1.165, 1.54) is 12.1 Å². The van der Waals surface area contributed by atoms with Crippen LogP contribution in [-0.2, 0) is 9.53 Å². The fraction of sp³-hybridized carbons (Fsp3) is 0.176. The summed E-state index contributed by atoms with van der Waals surface area (Å²) in [5.74, 6) is -0.463. The maximum Gasteiger partial charge on any atom is 0.344 e. The van der Waals surface area contributed by atoms with Gasteiger partial charge < -0.3 is 14.2 Å². The Balaban J connectivity index is 1.65. The van der Waals surface area contributed by atoms with Crippen LogP contribution >= 0.6 is 0 Å². The van der Waals surface area contributed by atoms with Crippen molar-refractivity contribution in [1.29, 1.82) is 5.26 Å². The molecule has 0 radical (unpaired) electrons. The zero-order valence-corrected chi connectivity index (χ0v) is 12.2. The minimum Gasteiger partial charge on any atom is -0.487 e. The average Bonchev–Trinajstić information content (AvgIpc) is 2.59. The number of halogens is 1. The number of benzene rings is 2. The fourth-order valence-electron chi connectivity index (χ4n) is 1.68. The highest BCUT2D eigenvalue weighted by atomic mass is 19.1. The molecule has 23 heavy (non-hydrogen) atoms. The summed E-state index contributed by atoms with van der Waals surface area (Å²) in [6, 6.07) is 14.3. The van der Waals surface area contributed by atoms with Crippen LogP contribution in [0.5, 0.6) is 11.5 Å². The highest BCUT2D eigenvalue weighted by molar-refractivity contribution is 5.71. The van der Waals surface area contributed by atoms with E-state index < -0.39 is 11.8 Å². The predicted octanol–water partition coefficient (Wildman–Crippen LogP) is 2.70. The van der Waals surface area contributed by atoms with Crippen LogP contribution in [0.2, 0.25) is 0 Å². The van der Waals surface area contributed by atoms with Gasteiger partial charge in [-0.15, -0.1) is 0 Å². The number of carbonyl (C=O) groups is 1. The molecule has 0 saturated heterocycles. The summed E-state index contributed by atoms with van der Waals surface area (Å²) in [4.78, 5) is 11.5. The predicted molar refractivity (Wildman–Crippen MR) is 79.5 cm³/mol. The molecule has 0 aliphatic rings. The Morgan fingerprint density at radius 3 is 2.48 bits per heavy atom. The lowest BCUT2D eigenvalue weighted by atomic mass is 10.2. The standard InChI is InChI=1S/C17H14FNO4/c18-15-3-1-2-4-16(15)21-9-10-22-17(20)12-23-14-7-5-13(11-19)6-8-14/h1-8H,9-10,12H2. The molecule has 0 spiro atoms. The summed E-state index contributed by atoms with van der Waals surface area (Å²) in [5.41, 5.74) is 0.505. The van der Waals surface area contributed by atoms with Crippen LogP contribution in [0, 0.1) is 17.1 Å². The van der Waals surface area contributed by atoms with Crippen molar-refractivity contribution in [3.63, 3.8) is 0 Å². The Bertz CT molecular complexity index is 694. The first-order valence-corrected chi connectivity index (χ1v) is 6.85. The molecule has 0 heterocycles. The van der Waals surface area contributed by atoms with Crippen molar-refractivity contribution in [2.75, 3.05) is 19.8 Å². The summed E-state index contributed by atoms with van der Waals surface area (Å²) in [5, 5.41) is 8.67. The van der Waals surface area contributed by atoms with Crippen LogP contribution in [0.15, 0.2) is 48.5 Å². The van der Waals surface area contributed by atoms with E-state index in [0.29, 0.717) is 11.3 Å². The lowest BCUT2D eigenvalue weighted by Gasteiger charge is -2.09. The van der Waals surface area contributed by atoms with Crippen molar-refractivity contribution in [3.8, 4) is 17.6 Å². The van der Waals surface area contributed by atoms with Crippen LogP contribution in [0.3, 0.4) is 0 Å². The lowest BCUT2D eigenvalue weighted by molar-refractivity contribution is -0.146. The van der Waals surface area contributed by atoms with E-state index in [-0.39, 0.29) is 25.6 Å². The number of carbonyl (C=O) groups excluding carboxylic acids is 1. The molecule has 0 aromatic heterocycles. The first-order chi connectivity index (χ1) is 11.2. The number of para-hydroxylation sites is 1. The van der Waals surface area contributed by atoms with Crippen molar-refractivity contribution >= 4 is 5.97 Å². The van der Waals surface area contributed by atoms with E-state index in [9.17, 15) is 9.18 Å². The second-order valence-electron chi connectivity index (χ2n) is 4.42. The number of hydrogen-bond acceptors (Lipinski definition) is 5. The van der Waals surface area contributed by atoms with Crippen LogP contribution in [0.25, 0.3) is 0 Å². The highest BCUT2D eigenvalue weighted by Gasteiger charge is 2.06. The molecule has 0 bridgehead atoms. The first-order valence-electron chi connectivity index (χ1n) is 6.85. The van der Waals surface area contributed by atoms with Gasteiger partial charge in [0.05, 0.1) is 11.6 Å². The van der Waals surface area contributed by atoms with Gasteiger partial charge >= 0.3 is 5.97 Å². The Morgan fingerprint density at radius 1 is 1.04 bits per heavy atom. The van der Waals surface area contributed by atoms with Crippen molar-refractivity contribution in [1.82, 2.24) is 0 Å². The zero-order chi connectivity index (χ0) is 16.5. The summed E-state index contributed by atoms with van der Waals surface area (Å²) >= 11 is 0. The van der Waals surface area contributed by atoms with Gasteiger partial charge in [0.25, 0.3) is 0 Å². The Kier molecular flexibility index (Phi) is 5.95. The number of rotatable bonds is 7. The molecule has 2 rings (SSSR count). The molecular formula is C17H14FNO4. The minimum atomic E-state index is -0.563. The Morgan fingerprint density at radius 2 is 1.78 bits per heavy atom. The van der Waals surface area contributed by atoms with Crippen LogP contribution in [0.4, 0.5) is 4.39 Å². The number of ether oxygens (including phenoxy) is 3. The monoisotopic (exact) mass is 315 g/mol. The molecule has 0 amide bonds. The number of nitrogens with zero attached hydrogens (tertiary/aromatic N) is 1. The molecular weight excluding hydrogens is 301 g/mol. The maximum atomic E-state index is 13.3. The van der Waals surface area contributed by atoms with Crippen molar-refractivity contribution in [2.24, 2.45) is 0 Å². The lowest BCUT2D eigenvalue weighted by Crippen LogP contribution is -2.18. The molecule has 2 aromatic carbocycles. The smallest absolute Gasteiger partial charge is 0.344 e. The van der Waals surface area contributed by atoms with Gasteiger partial charge in [0.1, 0.15) is 19.0 Å². The molecule has 118 valence electrons. The first kappa shape index (κ1) is 16.3. The second-order valence-corrected chi connectivity index (χ2v) is 4.42. The molecule has 6 heteroatoms. The van der Waals surface area contributed by atoms with E-state index in [1.807, 2.05) is 6.07 Å². The molecule has 0 aliphatic heterocycles. The van der Waals surface area contributed by atoms with Gasteiger partial charge in [-0.3, -0.25) is 0 Å². The van der Waals surface area contributed by atoms with E-state index >= 15 is 0 Å². The van der Waals surface area contributed by atoms with Gasteiger partial charge in [-0.05, 0) is 36.4 Å². The molecule has 0 unspecified atom stereocenters. The zero-order valence-electron chi connectivity index (χ0n) is 12.2. The molecule has 0 N–H and O–H groups in total. The normalized spacial score (nSPS) is 9.74. The molecule has 0 fully saturated rings. The van der Waals surface area contributed by atoms with Crippen molar-refractivity contribution in [3.05, 3.63) is 59.9 Å². The van der Waals surface area contributed by atoms with Gasteiger partial charge in [-0.25, -0.2) is 9.18 Å². The number of hydrogen-bond donors (Lipinski definition) is 0. The summed E-state index contributed by atoms with van der Waals surface area (Å²) in [7, 11) is 0. The number of esters is 1. The topological polar surface area (TPSA) is 68.5 Å². The third-order valence-electron chi connectivity index (χ3n) is 2.78. The number of nitriles is 1. The maximum absolute atomic E-state index is 13.3. The minimum absolute atomic E-state index is 0.0100. The highest BCUT2D eigenvalue weighted by Crippen LogP contribution is 2.15. The van der Waals surface area contributed by atoms with Gasteiger partial charge in [0.2, 0.25) is 0 Å². The summed E-state index contributed by atoms with van der Waals surface area (Å²) in [6.07, 6.45) is 0. The van der Waals surface area contributed by atoms with Crippen molar-refractivity contribution in [2.45, 2.75) is 0 Å². The van der Waals surface area contributed by atoms with Crippen molar-refractivity contribution < 1.29 is 23.4 Å². The quantitative estimate of drug-likeness (QED) is 0.580. The van der Waals surface area contributed by atoms with Gasteiger partial charge in [0, 0.05) is 0 Å². The van der Waals surface area contributed by atoms with E-state index in [1.54, 1.807) is 36.4 Å². The fourth-order valence-corrected chi connectivity index (χ4v) is 1.68. The Labute approximate surface area is 132 Å². The molecule has 5 nitrogen and oxygen atoms in total. The molecule has 2 aromatic rings. The molecule has 0 saturated carbocycles. The van der Waals surface area contributed by atoms with Gasteiger partial charge in [-0.1, -0.05) is 12.1 Å². The summed E-state index contributed by atoms with van der Waals surface area (Å²) in [6.45, 7) is -0.223. The van der Waals surface area contributed by atoms with Gasteiger partial charge in [0.15, 0.2) is 18.2 Å². The average molecular weight is 315 g/mol. The summed E-state index contributed by atoms with van der Waals surface area (Å²) < 4.78 is 28.5. The SMILES string of the molecule is N#Cc1ccc(OCC(=O)OCCOc2ccccc2F)cc1. The third-order valence-corrected chi connectivity index (χ3v) is 2.78.